The molecular formula is C15H20N2O2. The van der Waals surface area contributed by atoms with Crippen LogP contribution in [0.1, 0.15) is 30.1 Å². The molecule has 0 aliphatic carbocycles. The number of carbonyl (C=O) groups excluding carboxylic acids is 1. The van der Waals surface area contributed by atoms with E-state index in [0.717, 1.165) is 23.8 Å². The molecule has 0 radical (unpaired) electrons. The highest BCUT2D eigenvalue weighted by molar-refractivity contribution is 6.05. The van der Waals surface area contributed by atoms with Gasteiger partial charge in [-0.1, -0.05) is 25.1 Å². The largest absolute Gasteiger partial charge is 0.463 e. The molecule has 1 amide bonds. The van der Waals surface area contributed by atoms with Gasteiger partial charge in [0.1, 0.15) is 11.8 Å². The van der Waals surface area contributed by atoms with E-state index in [1.807, 2.05) is 24.3 Å². The van der Waals surface area contributed by atoms with Gasteiger partial charge in [0.15, 0.2) is 0 Å². The first-order valence-corrected chi connectivity index (χ1v) is 6.67. The van der Waals surface area contributed by atoms with E-state index in [1.54, 1.807) is 0 Å². The molecule has 3 N–H and O–H groups in total. The molecule has 0 fully saturated rings. The second kappa shape index (κ2) is 6.38. The average Bonchev–Trinajstić information content (AvgIpc) is 2.87. The summed E-state index contributed by atoms with van der Waals surface area (Å²) in [6.07, 6.45) is 3.49. The van der Waals surface area contributed by atoms with Crippen molar-refractivity contribution in [3.8, 4) is 0 Å². The van der Waals surface area contributed by atoms with E-state index in [4.69, 9.17) is 10.2 Å². The molecule has 1 aromatic carbocycles. The minimum absolute atomic E-state index is 0.0784. The van der Waals surface area contributed by atoms with E-state index < -0.39 is 0 Å². The number of carbonyl (C=O) groups is 1. The highest BCUT2D eigenvalue weighted by Gasteiger charge is 2.12. The summed E-state index contributed by atoms with van der Waals surface area (Å²) in [5, 5.41) is 3.77. The smallest absolute Gasteiger partial charge is 0.255 e. The predicted molar refractivity (Wildman–Crippen MR) is 76.0 cm³/mol. The Labute approximate surface area is 113 Å². The van der Waals surface area contributed by atoms with Crippen LogP contribution in [0.3, 0.4) is 0 Å². The van der Waals surface area contributed by atoms with E-state index in [9.17, 15) is 4.79 Å². The predicted octanol–water partition coefficient (Wildman–Crippen LogP) is 2.54. The number of para-hydroxylation sites is 1. The van der Waals surface area contributed by atoms with Crippen molar-refractivity contribution in [1.82, 2.24) is 5.32 Å². The molecule has 19 heavy (non-hydrogen) atoms. The molecule has 1 aromatic heterocycles. The lowest BCUT2D eigenvalue weighted by atomic mass is 10.1. The summed E-state index contributed by atoms with van der Waals surface area (Å²) in [7, 11) is 0. The third-order valence-electron chi connectivity index (χ3n) is 3.29. The summed E-state index contributed by atoms with van der Waals surface area (Å²) in [6, 6.07) is 7.54. The molecule has 0 aliphatic heterocycles. The molecule has 4 nitrogen and oxygen atoms in total. The Hall–Kier alpha value is -1.81. The van der Waals surface area contributed by atoms with Crippen LogP contribution in [0, 0.1) is 5.92 Å². The molecule has 0 aliphatic rings. The number of rotatable bonds is 6. The Morgan fingerprint density at radius 1 is 1.42 bits per heavy atom. The van der Waals surface area contributed by atoms with Crippen molar-refractivity contribution in [1.29, 1.82) is 0 Å². The number of fused-ring (bicyclic) bond motifs is 1. The molecule has 1 unspecified atom stereocenters. The van der Waals surface area contributed by atoms with Gasteiger partial charge in [-0.15, -0.1) is 0 Å². The van der Waals surface area contributed by atoms with Crippen LogP contribution < -0.4 is 11.1 Å². The number of hydrogen-bond acceptors (Lipinski definition) is 3. The highest BCUT2D eigenvalue weighted by Crippen LogP contribution is 2.20. The number of nitrogens with one attached hydrogen (secondary N) is 1. The van der Waals surface area contributed by atoms with Crippen molar-refractivity contribution in [3.63, 3.8) is 0 Å². The lowest BCUT2D eigenvalue weighted by molar-refractivity contribution is 0.0953. The summed E-state index contributed by atoms with van der Waals surface area (Å²) < 4.78 is 5.35. The standard InChI is InChI=1S/C15H20N2O2/c1-11(9-16)5-4-8-17-15(18)13-10-19-14-7-3-2-6-12(13)14/h2-3,6-7,10-11H,4-5,8-9,16H2,1H3,(H,17,18). The summed E-state index contributed by atoms with van der Waals surface area (Å²) >= 11 is 0. The van der Waals surface area contributed by atoms with Crippen LogP contribution in [-0.2, 0) is 0 Å². The summed E-state index contributed by atoms with van der Waals surface area (Å²) in [5.41, 5.74) is 6.89. The van der Waals surface area contributed by atoms with Gasteiger partial charge in [-0.2, -0.15) is 0 Å². The number of amides is 1. The molecule has 0 spiro atoms. The maximum Gasteiger partial charge on any atom is 0.255 e. The van der Waals surface area contributed by atoms with Crippen LogP contribution in [0.4, 0.5) is 0 Å². The second-order valence-corrected chi connectivity index (χ2v) is 4.88. The van der Waals surface area contributed by atoms with Gasteiger partial charge < -0.3 is 15.5 Å². The van der Waals surface area contributed by atoms with Gasteiger partial charge in [0.05, 0.1) is 5.56 Å². The van der Waals surface area contributed by atoms with E-state index in [2.05, 4.69) is 12.2 Å². The minimum Gasteiger partial charge on any atom is -0.463 e. The monoisotopic (exact) mass is 260 g/mol. The maximum absolute atomic E-state index is 12.0. The fourth-order valence-electron chi connectivity index (χ4n) is 2.02. The molecule has 0 bridgehead atoms. The Kier molecular flexibility index (Phi) is 4.58. The Bertz CT molecular complexity index is 548. The summed E-state index contributed by atoms with van der Waals surface area (Å²) in [5.74, 6) is 0.428. The Morgan fingerprint density at radius 3 is 3.00 bits per heavy atom. The minimum atomic E-state index is -0.0784. The molecule has 4 heteroatoms. The first-order valence-electron chi connectivity index (χ1n) is 6.67. The molecule has 0 saturated heterocycles. The average molecular weight is 260 g/mol. The maximum atomic E-state index is 12.0. The van der Waals surface area contributed by atoms with Gasteiger partial charge in [-0.25, -0.2) is 0 Å². The number of hydrogen-bond donors (Lipinski definition) is 2. The van der Waals surface area contributed by atoms with Crippen molar-refractivity contribution in [2.45, 2.75) is 19.8 Å². The lowest BCUT2D eigenvalue weighted by Gasteiger charge is -2.08. The molecule has 2 aromatic rings. The van der Waals surface area contributed by atoms with Gasteiger partial charge in [0.25, 0.3) is 5.91 Å². The number of furan rings is 1. The SMILES string of the molecule is CC(CN)CCCNC(=O)c1coc2ccccc12. The van der Waals surface area contributed by atoms with Crippen LogP contribution in [0.15, 0.2) is 34.9 Å². The molecule has 2 rings (SSSR count). The van der Waals surface area contributed by atoms with Crippen LogP contribution in [0.5, 0.6) is 0 Å². The van der Waals surface area contributed by atoms with Gasteiger partial charge in [-0.05, 0) is 31.4 Å². The van der Waals surface area contributed by atoms with E-state index in [0.29, 0.717) is 24.6 Å². The zero-order chi connectivity index (χ0) is 13.7. The van der Waals surface area contributed by atoms with Crippen LogP contribution >= 0.6 is 0 Å². The third-order valence-corrected chi connectivity index (χ3v) is 3.29. The van der Waals surface area contributed by atoms with Crippen molar-refractivity contribution in [3.05, 3.63) is 36.1 Å². The molecule has 0 saturated carbocycles. The Morgan fingerprint density at radius 2 is 2.21 bits per heavy atom. The summed E-state index contributed by atoms with van der Waals surface area (Å²) in [6.45, 7) is 3.48. The van der Waals surface area contributed by atoms with E-state index in [1.165, 1.54) is 6.26 Å². The first kappa shape index (κ1) is 13.6. The fourth-order valence-corrected chi connectivity index (χ4v) is 2.02. The first-order chi connectivity index (χ1) is 9.22. The normalized spacial score (nSPS) is 12.5. The van der Waals surface area contributed by atoms with Gasteiger partial charge in [-0.3, -0.25) is 4.79 Å². The van der Waals surface area contributed by atoms with Crippen molar-refractivity contribution in [2.75, 3.05) is 13.1 Å². The van der Waals surface area contributed by atoms with Crippen molar-refractivity contribution >= 4 is 16.9 Å². The summed E-state index contributed by atoms with van der Waals surface area (Å²) in [4.78, 5) is 12.0. The van der Waals surface area contributed by atoms with Gasteiger partial charge in [0.2, 0.25) is 0 Å². The lowest BCUT2D eigenvalue weighted by Crippen LogP contribution is -2.25. The van der Waals surface area contributed by atoms with Gasteiger partial charge in [0, 0.05) is 11.9 Å². The second-order valence-electron chi connectivity index (χ2n) is 4.88. The zero-order valence-corrected chi connectivity index (χ0v) is 11.2. The fraction of sp³-hybridized carbons (Fsp3) is 0.400. The zero-order valence-electron chi connectivity index (χ0n) is 11.2. The van der Waals surface area contributed by atoms with Crippen molar-refractivity contribution < 1.29 is 9.21 Å². The molecule has 1 heterocycles. The van der Waals surface area contributed by atoms with E-state index in [-0.39, 0.29) is 5.91 Å². The molecule has 1 atom stereocenters. The van der Waals surface area contributed by atoms with E-state index >= 15 is 0 Å². The van der Waals surface area contributed by atoms with Crippen LogP contribution in [-0.4, -0.2) is 19.0 Å². The number of benzene rings is 1. The van der Waals surface area contributed by atoms with Crippen molar-refractivity contribution in [2.24, 2.45) is 11.7 Å². The topological polar surface area (TPSA) is 68.3 Å². The van der Waals surface area contributed by atoms with Crippen LogP contribution in [0.25, 0.3) is 11.0 Å². The quantitative estimate of drug-likeness (QED) is 0.784. The Balaban J connectivity index is 1.90. The van der Waals surface area contributed by atoms with Crippen LogP contribution in [0.2, 0.25) is 0 Å². The molecular weight excluding hydrogens is 240 g/mol. The third kappa shape index (κ3) is 3.35. The van der Waals surface area contributed by atoms with Gasteiger partial charge >= 0.3 is 0 Å². The molecule has 102 valence electrons. The number of nitrogens with two attached hydrogens (primary N) is 1. The highest BCUT2D eigenvalue weighted by atomic mass is 16.3.